The zero-order chi connectivity index (χ0) is 53.3. The Morgan fingerprint density at radius 2 is 1.68 bits per heavy atom. The van der Waals surface area contributed by atoms with Gasteiger partial charge < -0.3 is 28.6 Å². The van der Waals surface area contributed by atoms with Gasteiger partial charge in [0.25, 0.3) is 0 Å². The second-order valence-electron chi connectivity index (χ2n) is 20.7. The van der Waals surface area contributed by atoms with Gasteiger partial charge >= 0.3 is 30.3 Å². The number of hydrazine groups is 1. The molecular weight excluding hydrogens is 964 g/mol. The second kappa shape index (κ2) is 21.2. The molecular formula is C53H60F3N9O9. The highest BCUT2D eigenvalue weighted by atomic mass is 19.1. The number of alkyl halides is 1. The second-order valence-corrected chi connectivity index (χ2v) is 20.7. The summed E-state index contributed by atoms with van der Waals surface area (Å²) in [5, 5.41) is 3.48. The standard InChI is InChI=1S/C53H60F3N9O9/c1-10-36-39(55)18-17-32-24-35(72-49(68)62(9)45-33(16-14-20-57-45)30-70-40(66)29-61(8)48(67)73-51(2,3)4)25-37(41(32)36)43-42(56)44-38(27-58-43)46(64-22-12-11-13-23-65(64)50(69)74-52(5,6)7)60-47(59-44)71-31-53-19-15-21-63(53)28-34(54)26-53/h1,14,16-18,20,24-25,27,34H,11-13,15,19,21-23,26,28-31H2,2-9H3/t34-,53+/m1/s1. The van der Waals surface area contributed by atoms with Crippen molar-refractivity contribution >= 4 is 57.6 Å². The number of amides is 3. The maximum Gasteiger partial charge on any atom is 0.429 e. The zero-order valence-corrected chi connectivity index (χ0v) is 42.8. The lowest BCUT2D eigenvalue weighted by molar-refractivity contribution is -0.145. The fourth-order valence-electron chi connectivity index (χ4n) is 9.49. The highest BCUT2D eigenvalue weighted by molar-refractivity contribution is 6.03. The molecule has 6 heterocycles. The van der Waals surface area contributed by atoms with Gasteiger partial charge in [-0.25, -0.2) is 37.5 Å². The quantitative estimate of drug-likeness (QED) is 0.0693. The first-order valence-electron chi connectivity index (χ1n) is 24.4. The van der Waals surface area contributed by atoms with E-state index in [1.807, 2.05) is 0 Å². The Hall–Kier alpha value is -7.47. The monoisotopic (exact) mass is 1020 g/mol. The molecule has 3 saturated heterocycles. The largest absolute Gasteiger partial charge is 0.461 e. The van der Waals surface area contributed by atoms with E-state index in [1.165, 1.54) is 49.7 Å². The van der Waals surface area contributed by atoms with Crippen molar-refractivity contribution in [3.05, 3.63) is 71.6 Å². The zero-order valence-electron chi connectivity index (χ0n) is 42.8. The number of nitrogens with zero attached hydrogens (tertiary/aromatic N) is 9. The van der Waals surface area contributed by atoms with Crippen molar-refractivity contribution < 1.29 is 56.0 Å². The van der Waals surface area contributed by atoms with Crippen LogP contribution < -0.4 is 19.4 Å². The predicted molar refractivity (Wildman–Crippen MR) is 268 cm³/mol. The first-order valence-corrected chi connectivity index (χ1v) is 24.4. The molecule has 0 unspecified atom stereocenters. The number of benzene rings is 2. The normalized spacial score (nSPS) is 18.1. The molecule has 392 valence electrons. The summed E-state index contributed by atoms with van der Waals surface area (Å²) >= 11 is 0. The summed E-state index contributed by atoms with van der Waals surface area (Å²) in [5.74, 6) is -0.114. The van der Waals surface area contributed by atoms with Crippen LogP contribution in [0, 0.1) is 24.0 Å². The van der Waals surface area contributed by atoms with Gasteiger partial charge in [0, 0.05) is 69.1 Å². The minimum atomic E-state index is -1.04. The molecule has 3 fully saturated rings. The van der Waals surface area contributed by atoms with Gasteiger partial charge in [-0.2, -0.15) is 9.97 Å². The van der Waals surface area contributed by atoms with Crippen LogP contribution >= 0.6 is 0 Å². The van der Waals surface area contributed by atoms with Crippen LogP contribution in [0.2, 0.25) is 0 Å². The average Bonchev–Trinajstić information content (AvgIpc) is 3.74. The number of fused-ring (bicyclic) bond motifs is 3. The van der Waals surface area contributed by atoms with Gasteiger partial charge in [-0.3, -0.25) is 24.6 Å². The third kappa shape index (κ3) is 11.5. The van der Waals surface area contributed by atoms with Crippen molar-refractivity contribution in [3.8, 4) is 35.4 Å². The van der Waals surface area contributed by atoms with Crippen molar-refractivity contribution in [2.45, 2.75) is 110 Å². The molecule has 0 spiro atoms. The Kier molecular flexibility index (Phi) is 15.1. The molecule has 0 aliphatic carbocycles. The van der Waals surface area contributed by atoms with Crippen LogP contribution in [0.5, 0.6) is 11.8 Å². The number of pyridine rings is 2. The molecule has 8 rings (SSSR count). The highest BCUT2D eigenvalue weighted by Crippen LogP contribution is 2.42. The molecule has 3 aromatic heterocycles. The lowest BCUT2D eigenvalue weighted by Crippen LogP contribution is -2.49. The van der Waals surface area contributed by atoms with Crippen LogP contribution in [0.4, 0.5) is 39.2 Å². The molecule has 3 aliphatic heterocycles. The van der Waals surface area contributed by atoms with Gasteiger partial charge in [0.05, 0.1) is 16.5 Å². The summed E-state index contributed by atoms with van der Waals surface area (Å²) in [5.41, 5.74) is -2.83. The van der Waals surface area contributed by atoms with Crippen LogP contribution in [0.25, 0.3) is 32.9 Å². The lowest BCUT2D eigenvalue weighted by atomic mass is 9.95. The number of aromatic nitrogens is 4. The van der Waals surface area contributed by atoms with Crippen molar-refractivity contribution in [2.24, 2.45) is 0 Å². The number of terminal acetylenes is 1. The number of hydrogen-bond acceptors (Lipinski definition) is 15. The van der Waals surface area contributed by atoms with Crippen molar-refractivity contribution in [2.75, 3.05) is 63.3 Å². The fraction of sp³-hybridized carbons (Fsp3) is 0.472. The molecule has 2 atom stereocenters. The predicted octanol–water partition coefficient (Wildman–Crippen LogP) is 9.14. The van der Waals surface area contributed by atoms with Crippen molar-refractivity contribution in [1.29, 1.82) is 0 Å². The van der Waals surface area contributed by atoms with Gasteiger partial charge in [-0.05, 0) is 110 Å². The molecule has 21 heteroatoms. The Bertz CT molecular complexity index is 3030. The summed E-state index contributed by atoms with van der Waals surface area (Å²) in [6, 6.07) is 8.19. The molecule has 0 bridgehead atoms. The van der Waals surface area contributed by atoms with E-state index >= 15 is 8.78 Å². The minimum absolute atomic E-state index is 0.0175. The maximum absolute atomic E-state index is 17.9. The number of rotatable bonds is 11. The molecule has 74 heavy (non-hydrogen) atoms. The van der Waals surface area contributed by atoms with E-state index in [0.717, 1.165) is 28.7 Å². The topological polar surface area (TPSA) is 182 Å². The number of anilines is 2. The molecule has 5 aromatic rings. The van der Waals surface area contributed by atoms with E-state index in [2.05, 4.69) is 25.8 Å². The SMILES string of the molecule is C#Cc1c(F)ccc2cc(OC(=O)N(C)c3ncccc3COC(=O)CN(C)C(=O)OC(C)(C)C)cc(-c3ncc4c(N5CCCCCN5C(=O)OC(C)(C)C)nc(OC[C@@]56CCCN5C[C@H](F)C6)nc4c3F)c12. The number of hydrogen-bond donors (Lipinski definition) is 0. The molecule has 18 nitrogen and oxygen atoms in total. The summed E-state index contributed by atoms with van der Waals surface area (Å²) in [7, 11) is 2.77. The van der Waals surface area contributed by atoms with Crippen LogP contribution in [0.3, 0.4) is 0 Å². The Balaban J connectivity index is 1.16. The van der Waals surface area contributed by atoms with E-state index in [4.69, 9.17) is 35.1 Å². The number of halogens is 3. The van der Waals surface area contributed by atoms with E-state index in [1.54, 1.807) is 58.7 Å². The third-order valence-electron chi connectivity index (χ3n) is 12.8. The number of carbonyl (C=O) groups excluding carboxylic acids is 4. The number of ether oxygens (including phenoxy) is 5. The first kappa shape index (κ1) is 52.8. The summed E-state index contributed by atoms with van der Waals surface area (Å²) < 4.78 is 77.2. The summed E-state index contributed by atoms with van der Waals surface area (Å²) in [6.07, 6.45) is 9.13. The van der Waals surface area contributed by atoms with Crippen LogP contribution in [0.15, 0.2) is 48.8 Å². The number of esters is 1. The van der Waals surface area contributed by atoms with Gasteiger partial charge in [-0.15, -0.1) is 6.42 Å². The smallest absolute Gasteiger partial charge is 0.429 e. The summed E-state index contributed by atoms with van der Waals surface area (Å²) in [6.45, 7) is 11.1. The summed E-state index contributed by atoms with van der Waals surface area (Å²) in [4.78, 5) is 75.6. The fourth-order valence-corrected chi connectivity index (χ4v) is 9.49. The molecule has 3 aliphatic rings. The number of likely N-dealkylation sites (N-methyl/N-ethyl adjacent to an activating group) is 1. The van der Waals surface area contributed by atoms with E-state index in [-0.39, 0.29) is 101 Å². The van der Waals surface area contributed by atoms with E-state index in [0.29, 0.717) is 31.4 Å². The molecule has 0 radical (unpaired) electrons. The van der Waals surface area contributed by atoms with Crippen LogP contribution in [-0.2, 0) is 25.6 Å². The van der Waals surface area contributed by atoms with Crippen molar-refractivity contribution in [3.63, 3.8) is 0 Å². The highest BCUT2D eigenvalue weighted by Gasteiger charge is 2.49. The van der Waals surface area contributed by atoms with Gasteiger partial charge in [0.1, 0.15) is 65.7 Å². The molecule has 3 amide bonds. The van der Waals surface area contributed by atoms with Gasteiger partial charge in [0.2, 0.25) is 0 Å². The average molecular weight is 1020 g/mol. The molecule has 0 saturated carbocycles. The maximum atomic E-state index is 17.9. The lowest BCUT2D eigenvalue weighted by Gasteiger charge is -2.36. The molecule has 2 aromatic carbocycles. The van der Waals surface area contributed by atoms with Crippen molar-refractivity contribution in [1.82, 2.24) is 34.7 Å². The minimum Gasteiger partial charge on any atom is -0.461 e. The van der Waals surface area contributed by atoms with E-state index < -0.39 is 65.3 Å². The van der Waals surface area contributed by atoms with E-state index in [9.17, 15) is 23.6 Å². The number of carbonyl (C=O) groups is 4. The Morgan fingerprint density at radius 1 is 0.919 bits per heavy atom. The van der Waals surface area contributed by atoms with Crippen LogP contribution in [0.1, 0.15) is 91.2 Å². The molecule has 0 N–H and O–H groups in total. The first-order chi connectivity index (χ1) is 35.0. The Labute approximate surface area is 427 Å². The Morgan fingerprint density at radius 3 is 2.42 bits per heavy atom. The van der Waals surface area contributed by atoms with Crippen LogP contribution in [-0.4, -0.2) is 135 Å². The van der Waals surface area contributed by atoms with Gasteiger partial charge in [-0.1, -0.05) is 18.1 Å². The third-order valence-corrected chi connectivity index (χ3v) is 12.8. The van der Waals surface area contributed by atoms with Gasteiger partial charge in [0.15, 0.2) is 11.6 Å².